The van der Waals surface area contributed by atoms with Gasteiger partial charge in [-0.2, -0.15) is 13.2 Å². The maximum atomic E-state index is 12.7. The number of benzene rings is 1. The van der Waals surface area contributed by atoms with Crippen LogP contribution in [0.5, 0.6) is 0 Å². The van der Waals surface area contributed by atoms with Crippen molar-refractivity contribution in [2.24, 2.45) is 16.7 Å². The lowest BCUT2D eigenvalue weighted by Crippen LogP contribution is -2.18. The second kappa shape index (κ2) is 4.63. The van der Waals surface area contributed by atoms with Crippen molar-refractivity contribution in [3.8, 4) is 0 Å². The van der Waals surface area contributed by atoms with Gasteiger partial charge in [-0.3, -0.25) is 4.79 Å². The van der Waals surface area contributed by atoms with Gasteiger partial charge < -0.3 is 5.32 Å². The third-order valence-electron chi connectivity index (χ3n) is 4.83. The summed E-state index contributed by atoms with van der Waals surface area (Å²) in [5.41, 5.74) is -1.22. The predicted octanol–water partition coefficient (Wildman–Crippen LogP) is 4.98. The van der Waals surface area contributed by atoms with E-state index in [-0.39, 0.29) is 33.4 Å². The van der Waals surface area contributed by atoms with Crippen LogP contribution in [0, 0.1) is 16.7 Å². The van der Waals surface area contributed by atoms with E-state index in [4.69, 9.17) is 11.6 Å². The number of carbonyl (C=O) groups excluding carboxylic acids is 1. The lowest BCUT2D eigenvalue weighted by atomic mass is 10.0. The Kier molecular flexibility index (Phi) is 3.56. The predicted molar refractivity (Wildman–Crippen MR) is 76.1 cm³/mol. The molecule has 1 N–H and O–H groups in total. The SMILES string of the molecule is CC1(C)C(C(=O)Nc2cc(C(F)(F)F)ccc2Cl)C1(C)C. The molecule has 6 heteroatoms. The van der Waals surface area contributed by atoms with Gasteiger partial charge in [0.25, 0.3) is 0 Å². The minimum Gasteiger partial charge on any atom is -0.324 e. The Morgan fingerprint density at radius 2 is 1.71 bits per heavy atom. The molecule has 1 aromatic rings. The van der Waals surface area contributed by atoms with Crippen LogP contribution in [0.25, 0.3) is 0 Å². The van der Waals surface area contributed by atoms with Gasteiger partial charge in [0.05, 0.1) is 16.3 Å². The molecule has 116 valence electrons. The van der Waals surface area contributed by atoms with Crippen LogP contribution in [0.3, 0.4) is 0 Å². The standard InChI is InChI=1S/C15H17ClF3NO/c1-13(2)11(14(13,3)4)12(21)20-10-7-8(15(17,18)19)5-6-9(10)16/h5-7,11H,1-4H3,(H,20,21). The molecular formula is C15H17ClF3NO. The minimum absolute atomic E-state index is 0.00464. The summed E-state index contributed by atoms with van der Waals surface area (Å²) in [6.45, 7) is 7.85. The highest BCUT2D eigenvalue weighted by molar-refractivity contribution is 6.33. The number of rotatable bonds is 2. The number of halogens is 4. The number of carbonyl (C=O) groups is 1. The number of nitrogens with one attached hydrogen (secondary N) is 1. The van der Waals surface area contributed by atoms with Crippen LogP contribution in [0.2, 0.25) is 5.02 Å². The summed E-state index contributed by atoms with van der Waals surface area (Å²) in [7, 11) is 0. The summed E-state index contributed by atoms with van der Waals surface area (Å²) in [5, 5.41) is 2.62. The van der Waals surface area contributed by atoms with Crippen molar-refractivity contribution in [3.63, 3.8) is 0 Å². The summed E-state index contributed by atoms with van der Waals surface area (Å²) in [5.74, 6) is -0.554. The van der Waals surface area contributed by atoms with Crippen LogP contribution < -0.4 is 5.32 Å². The van der Waals surface area contributed by atoms with E-state index in [1.165, 1.54) is 0 Å². The normalized spacial score (nSPS) is 20.2. The Bertz CT molecular complexity index is 579. The van der Waals surface area contributed by atoms with Gasteiger partial charge in [-0.15, -0.1) is 0 Å². The molecular weight excluding hydrogens is 303 g/mol. The monoisotopic (exact) mass is 319 g/mol. The van der Waals surface area contributed by atoms with Gasteiger partial charge in [0, 0.05) is 5.92 Å². The topological polar surface area (TPSA) is 29.1 Å². The largest absolute Gasteiger partial charge is 0.416 e. The van der Waals surface area contributed by atoms with E-state index in [0.717, 1.165) is 18.2 Å². The molecule has 0 unspecified atom stereocenters. The Hall–Kier alpha value is -1.23. The van der Waals surface area contributed by atoms with Crippen molar-refractivity contribution in [3.05, 3.63) is 28.8 Å². The molecule has 1 amide bonds. The second-order valence-electron chi connectivity index (χ2n) is 6.56. The summed E-state index contributed by atoms with van der Waals surface area (Å²) in [6.07, 6.45) is -4.47. The molecule has 1 aromatic carbocycles. The zero-order valence-electron chi connectivity index (χ0n) is 12.2. The molecule has 0 atom stereocenters. The first-order chi connectivity index (χ1) is 9.39. The maximum Gasteiger partial charge on any atom is 0.416 e. The Labute approximate surface area is 126 Å². The first-order valence-electron chi connectivity index (χ1n) is 6.56. The molecule has 2 rings (SSSR count). The van der Waals surface area contributed by atoms with Crippen molar-refractivity contribution in [1.29, 1.82) is 0 Å². The van der Waals surface area contributed by atoms with Crippen LogP contribution in [-0.2, 0) is 11.0 Å². The molecule has 0 aromatic heterocycles. The van der Waals surface area contributed by atoms with E-state index >= 15 is 0 Å². The minimum atomic E-state index is -4.47. The van der Waals surface area contributed by atoms with Gasteiger partial charge in [0.1, 0.15) is 0 Å². The van der Waals surface area contributed by atoms with E-state index in [2.05, 4.69) is 5.32 Å². The highest BCUT2D eigenvalue weighted by atomic mass is 35.5. The molecule has 0 saturated heterocycles. The van der Waals surface area contributed by atoms with Crippen LogP contribution in [-0.4, -0.2) is 5.91 Å². The fraction of sp³-hybridized carbons (Fsp3) is 0.533. The van der Waals surface area contributed by atoms with Crippen molar-refractivity contribution in [1.82, 2.24) is 0 Å². The first-order valence-corrected chi connectivity index (χ1v) is 6.94. The highest BCUT2D eigenvalue weighted by Crippen LogP contribution is 2.68. The molecule has 1 aliphatic carbocycles. The number of hydrogen-bond acceptors (Lipinski definition) is 1. The highest BCUT2D eigenvalue weighted by Gasteiger charge is 2.68. The summed E-state index contributed by atoms with van der Waals surface area (Å²) >= 11 is 5.88. The van der Waals surface area contributed by atoms with Crippen LogP contribution in [0.15, 0.2) is 18.2 Å². The molecule has 0 radical (unpaired) electrons. The van der Waals surface area contributed by atoms with Crippen molar-refractivity contribution in [2.75, 3.05) is 5.32 Å². The molecule has 2 nitrogen and oxygen atoms in total. The smallest absolute Gasteiger partial charge is 0.324 e. The van der Waals surface area contributed by atoms with Crippen LogP contribution in [0.4, 0.5) is 18.9 Å². The zero-order valence-corrected chi connectivity index (χ0v) is 13.0. The second-order valence-corrected chi connectivity index (χ2v) is 6.97. The van der Waals surface area contributed by atoms with Crippen LogP contribution >= 0.6 is 11.6 Å². The number of alkyl halides is 3. The van der Waals surface area contributed by atoms with Crippen LogP contribution in [0.1, 0.15) is 33.3 Å². The summed E-state index contributed by atoms with van der Waals surface area (Å²) in [4.78, 5) is 12.3. The maximum absolute atomic E-state index is 12.7. The van der Waals surface area contributed by atoms with Crippen molar-refractivity contribution < 1.29 is 18.0 Å². The number of hydrogen-bond donors (Lipinski definition) is 1. The lowest BCUT2D eigenvalue weighted by Gasteiger charge is -2.12. The molecule has 0 heterocycles. The Morgan fingerprint density at radius 3 is 2.14 bits per heavy atom. The van der Waals surface area contributed by atoms with Crippen molar-refractivity contribution >= 4 is 23.2 Å². The number of amides is 1. The van der Waals surface area contributed by atoms with Gasteiger partial charge in [-0.1, -0.05) is 39.3 Å². The van der Waals surface area contributed by atoms with Gasteiger partial charge in [0.15, 0.2) is 0 Å². The van der Waals surface area contributed by atoms with Gasteiger partial charge in [-0.05, 0) is 29.0 Å². The first kappa shape index (κ1) is 16.1. The molecule has 0 aliphatic heterocycles. The quantitative estimate of drug-likeness (QED) is 0.818. The Balaban J connectivity index is 2.23. The Morgan fingerprint density at radius 1 is 1.19 bits per heavy atom. The fourth-order valence-corrected chi connectivity index (χ4v) is 3.02. The zero-order chi connectivity index (χ0) is 16.2. The van der Waals surface area contributed by atoms with E-state index < -0.39 is 11.7 Å². The summed E-state index contributed by atoms with van der Waals surface area (Å²) < 4.78 is 38.1. The number of anilines is 1. The van der Waals surface area contributed by atoms with Crippen molar-refractivity contribution in [2.45, 2.75) is 33.9 Å². The average Bonchev–Trinajstić information content (AvgIpc) is 2.70. The summed E-state index contributed by atoms with van der Waals surface area (Å²) in [6, 6.07) is 2.90. The molecule has 1 aliphatic rings. The average molecular weight is 320 g/mol. The lowest BCUT2D eigenvalue weighted by molar-refractivity contribution is -0.137. The fourth-order valence-electron chi connectivity index (χ4n) is 2.85. The molecule has 1 fully saturated rings. The molecule has 0 spiro atoms. The van der Waals surface area contributed by atoms with Gasteiger partial charge in [0.2, 0.25) is 5.91 Å². The third-order valence-corrected chi connectivity index (χ3v) is 5.16. The van der Waals surface area contributed by atoms with E-state index in [1.807, 2.05) is 27.7 Å². The van der Waals surface area contributed by atoms with E-state index in [1.54, 1.807) is 0 Å². The van der Waals surface area contributed by atoms with Gasteiger partial charge >= 0.3 is 6.18 Å². The third kappa shape index (κ3) is 2.63. The van der Waals surface area contributed by atoms with E-state index in [0.29, 0.717) is 0 Å². The molecule has 1 saturated carbocycles. The van der Waals surface area contributed by atoms with Gasteiger partial charge in [-0.25, -0.2) is 0 Å². The molecule has 21 heavy (non-hydrogen) atoms. The van der Waals surface area contributed by atoms with E-state index in [9.17, 15) is 18.0 Å². The molecule has 0 bridgehead atoms.